The van der Waals surface area contributed by atoms with Gasteiger partial charge in [-0.1, -0.05) is 25.5 Å². The van der Waals surface area contributed by atoms with Gasteiger partial charge < -0.3 is 10.1 Å². The van der Waals surface area contributed by atoms with Gasteiger partial charge in [0.05, 0.1) is 12.8 Å². The minimum atomic E-state index is 0.612. The largest absolute Gasteiger partial charge is 0.495 e. The number of rotatable bonds is 3. The Balaban J connectivity index is 2.09. The fraction of sp³-hybridized carbons (Fsp3) is 0.538. The number of anilines is 1. The predicted octanol–water partition coefficient (Wildman–Crippen LogP) is 3.30. The molecular formula is C13H19NO. The van der Waals surface area contributed by atoms with E-state index in [0.717, 1.165) is 17.4 Å². The average Bonchev–Trinajstić information content (AvgIpc) is 2.65. The predicted molar refractivity (Wildman–Crippen MR) is 63.4 cm³/mol. The number of hydrogen-bond donors (Lipinski definition) is 1. The molecule has 1 aliphatic rings. The molecule has 0 bridgehead atoms. The Bertz CT molecular complexity index is 324. The molecular weight excluding hydrogens is 186 g/mol. The minimum Gasteiger partial charge on any atom is -0.495 e. The number of ether oxygens (including phenoxy) is 1. The first-order valence-corrected chi connectivity index (χ1v) is 5.71. The van der Waals surface area contributed by atoms with E-state index in [0.29, 0.717) is 6.04 Å². The summed E-state index contributed by atoms with van der Waals surface area (Å²) in [6.45, 7) is 2.32. The third-order valence-electron chi connectivity index (χ3n) is 3.31. The van der Waals surface area contributed by atoms with Crippen LogP contribution in [0.5, 0.6) is 5.75 Å². The molecule has 1 fully saturated rings. The molecule has 0 amide bonds. The molecule has 0 heterocycles. The van der Waals surface area contributed by atoms with Crippen molar-refractivity contribution in [3.05, 3.63) is 24.3 Å². The molecule has 0 saturated heterocycles. The molecule has 0 radical (unpaired) electrons. The van der Waals surface area contributed by atoms with Gasteiger partial charge in [-0.15, -0.1) is 0 Å². The highest BCUT2D eigenvalue weighted by atomic mass is 16.5. The number of methoxy groups -OCH3 is 1. The van der Waals surface area contributed by atoms with Crippen LogP contribution in [0.2, 0.25) is 0 Å². The second-order valence-electron chi connectivity index (χ2n) is 4.36. The lowest BCUT2D eigenvalue weighted by Gasteiger charge is -2.20. The second-order valence-corrected chi connectivity index (χ2v) is 4.36. The standard InChI is InChI=1S/C13H19NO/c1-10-6-5-8-11(10)14-12-7-3-4-9-13(12)15-2/h3-4,7,9-11,14H,5-6,8H2,1-2H3/t10-,11-/m0/s1. The van der Waals surface area contributed by atoms with Gasteiger partial charge in [-0.2, -0.15) is 0 Å². The average molecular weight is 205 g/mol. The molecule has 82 valence electrons. The summed E-state index contributed by atoms with van der Waals surface area (Å²) in [7, 11) is 1.72. The van der Waals surface area contributed by atoms with E-state index >= 15 is 0 Å². The van der Waals surface area contributed by atoms with Crippen LogP contribution in [0.15, 0.2) is 24.3 Å². The molecule has 0 spiro atoms. The van der Waals surface area contributed by atoms with Crippen LogP contribution in [0.25, 0.3) is 0 Å². The zero-order chi connectivity index (χ0) is 10.7. The summed E-state index contributed by atoms with van der Waals surface area (Å²) < 4.78 is 5.33. The van der Waals surface area contributed by atoms with E-state index in [1.165, 1.54) is 19.3 Å². The van der Waals surface area contributed by atoms with Gasteiger partial charge in [0.2, 0.25) is 0 Å². The normalized spacial score (nSPS) is 25.2. The van der Waals surface area contributed by atoms with Crippen LogP contribution in [0, 0.1) is 5.92 Å². The van der Waals surface area contributed by atoms with Crippen LogP contribution in [-0.4, -0.2) is 13.2 Å². The molecule has 0 unspecified atom stereocenters. The number of hydrogen-bond acceptors (Lipinski definition) is 2. The summed E-state index contributed by atoms with van der Waals surface area (Å²) in [4.78, 5) is 0. The Morgan fingerprint density at radius 1 is 1.27 bits per heavy atom. The van der Waals surface area contributed by atoms with Crippen molar-refractivity contribution in [3.8, 4) is 5.75 Å². The summed E-state index contributed by atoms with van der Waals surface area (Å²) in [5.74, 6) is 1.71. The van der Waals surface area contributed by atoms with E-state index in [1.54, 1.807) is 7.11 Å². The SMILES string of the molecule is COc1ccccc1N[C@H]1CCC[C@@H]1C. The fourth-order valence-electron chi connectivity index (χ4n) is 2.32. The second kappa shape index (κ2) is 4.56. The van der Waals surface area contributed by atoms with Gasteiger partial charge in [-0.3, -0.25) is 0 Å². The molecule has 1 N–H and O–H groups in total. The first-order valence-electron chi connectivity index (χ1n) is 5.71. The molecule has 1 aliphatic carbocycles. The van der Waals surface area contributed by atoms with Gasteiger partial charge in [0, 0.05) is 6.04 Å². The lowest BCUT2D eigenvalue weighted by molar-refractivity contribution is 0.415. The van der Waals surface area contributed by atoms with Crippen molar-refractivity contribution in [3.63, 3.8) is 0 Å². The van der Waals surface area contributed by atoms with Crippen molar-refractivity contribution in [1.82, 2.24) is 0 Å². The Hall–Kier alpha value is -1.18. The third-order valence-corrected chi connectivity index (χ3v) is 3.31. The number of para-hydroxylation sites is 2. The van der Waals surface area contributed by atoms with Crippen LogP contribution in [-0.2, 0) is 0 Å². The van der Waals surface area contributed by atoms with Gasteiger partial charge in [0.1, 0.15) is 5.75 Å². The van der Waals surface area contributed by atoms with E-state index in [9.17, 15) is 0 Å². The summed E-state index contributed by atoms with van der Waals surface area (Å²) in [6.07, 6.45) is 3.96. The van der Waals surface area contributed by atoms with Crippen LogP contribution < -0.4 is 10.1 Å². The smallest absolute Gasteiger partial charge is 0.141 e. The molecule has 2 nitrogen and oxygen atoms in total. The third kappa shape index (κ3) is 2.25. The summed E-state index contributed by atoms with van der Waals surface area (Å²) in [5, 5.41) is 3.59. The molecule has 2 heteroatoms. The molecule has 0 aliphatic heterocycles. The van der Waals surface area contributed by atoms with Crippen molar-refractivity contribution < 1.29 is 4.74 Å². The Morgan fingerprint density at radius 3 is 2.73 bits per heavy atom. The van der Waals surface area contributed by atoms with Crippen LogP contribution in [0.4, 0.5) is 5.69 Å². The van der Waals surface area contributed by atoms with Crippen molar-refractivity contribution in [2.75, 3.05) is 12.4 Å². The van der Waals surface area contributed by atoms with E-state index < -0.39 is 0 Å². The fourth-order valence-corrected chi connectivity index (χ4v) is 2.32. The first kappa shape index (κ1) is 10.3. The summed E-state index contributed by atoms with van der Waals surface area (Å²) >= 11 is 0. The van der Waals surface area contributed by atoms with Gasteiger partial charge in [0.15, 0.2) is 0 Å². The minimum absolute atomic E-state index is 0.612. The highest BCUT2D eigenvalue weighted by Gasteiger charge is 2.23. The van der Waals surface area contributed by atoms with Crippen molar-refractivity contribution in [1.29, 1.82) is 0 Å². The monoisotopic (exact) mass is 205 g/mol. The molecule has 1 aromatic rings. The summed E-state index contributed by atoms with van der Waals surface area (Å²) in [6, 6.07) is 8.75. The zero-order valence-electron chi connectivity index (χ0n) is 9.49. The topological polar surface area (TPSA) is 21.3 Å². The number of nitrogens with one attached hydrogen (secondary N) is 1. The van der Waals surface area contributed by atoms with Crippen LogP contribution in [0.3, 0.4) is 0 Å². The Morgan fingerprint density at radius 2 is 2.07 bits per heavy atom. The molecule has 2 rings (SSSR count). The molecule has 1 saturated carbocycles. The van der Waals surface area contributed by atoms with E-state index in [2.05, 4.69) is 18.3 Å². The lowest BCUT2D eigenvalue weighted by atomic mass is 10.1. The van der Waals surface area contributed by atoms with E-state index in [-0.39, 0.29) is 0 Å². The maximum absolute atomic E-state index is 5.33. The molecule has 0 aromatic heterocycles. The van der Waals surface area contributed by atoms with Crippen LogP contribution in [0.1, 0.15) is 26.2 Å². The van der Waals surface area contributed by atoms with Gasteiger partial charge in [-0.05, 0) is 30.9 Å². The van der Waals surface area contributed by atoms with E-state index in [4.69, 9.17) is 4.74 Å². The van der Waals surface area contributed by atoms with Crippen molar-refractivity contribution in [2.45, 2.75) is 32.2 Å². The van der Waals surface area contributed by atoms with Crippen LogP contribution >= 0.6 is 0 Å². The molecule has 15 heavy (non-hydrogen) atoms. The van der Waals surface area contributed by atoms with E-state index in [1.807, 2.05) is 18.2 Å². The zero-order valence-corrected chi connectivity index (χ0v) is 9.49. The molecule has 2 atom stereocenters. The van der Waals surface area contributed by atoms with Gasteiger partial charge in [0.25, 0.3) is 0 Å². The highest BCUT2D eigenvalue weighted by Crippen LogP contribution is 2.31. The van der Waals surface area contributed by atoms with Gasteiger partial charge in [-0.25, -0.2) is 0 Å². The van der Waals surface area contributed by atoms with Gasteiger partial charge >= 0.3 is 0 Å². The van der Waals surface area contributed by atoms with Crippen molar-refractivity contribution >= 4 is 5.69 Å². The first-order chi connectivity index (χ1) is 7.31. The summed E-state index contributed by atoms with van der Waals surface area (Å²) in [5.41, 5.74) is 1.12. The highest BCUT2D eigenvalue weighted by molar-refractivity contribution is 5.56. The maximum atomic E-state index is 5.33. The Kier molecular flexibility index (Phi) is 3.14. The lowest BCUT2D eigenvalue weighted by Crippen LogP contribution is -2.21. The Labute approximate surface area is 91.6 Å². The quantitative estimate of drug-likeness (QED) is 0.817. The molecule has 1 aromatic carbocycles. The number of benzene rings is 1. The maximum Gasteiger partial charge on any atom is 0.141 e. The van der Waals surface area contributed by atoms with Crippen molar-refractivity contribution in [2.24, 2.45) is 5.92 Å².